The van der Waals surface area contributed by atoms with Gasteiger partial charge in [0, 0.05) is 4.91 Å². The van der Waals surface area contributed by atoms with E-state index in [1.807, 2.05) is 0 Å². The van der Waals surface area contributed by atoms with Crippen molar-refractivity contribution in [2.75, 3.05) is 6.61 Å². The SMILES string of the molecule is C[C@@H]1OC(C)(C)O[C@H]1[C@H](COS(=O)(=O)C(F)(F)F)N=[N+]=[N-]. The summed E-state index contributed by atoms with van der Waals surface area (Å²) >= 11 is 0. The lowest BCUT2D eigenvalue weighted by atomic mass is 10.1. The Labute approximate surface area is 118 Å². The zero-order valence-corrected chi connectivity index (χ0v) is 12.2. The van der Waals surface area contributed by atoms with Crippen LogP contribution in [-0.2, 0) is 23.8 Å². The molecule has 21 heavy (non-hydrogen) atoms. The molecule has 3 atom stereocenters. The first-order chi connectivity index (χ1) is 9.39. The van der Waals surface area contributed by atoms with Crippen molar-refractivity contribution >= 4 is 10.1 Å². The van der Waals surface area contributed by atoms with Gasteiger partial charge in [-0.3, -0.25) is 4.18 Å². The molecule has 1 saturated heterocycles. The lowest BCUT2D eigenvalue weighted by Gasteiger charge is -2.21. The maximum absolute atomic E-state index is 12.2. The summed E-state index contributed by atoms with van der Waals surface area (Å²) in [6.45, 7) is 3.67. The van der Waals surface area contributed by atoms with Crippen LogP contribution in [-0.4, -0.2) is 44.6 Å². The molecule has 1 heterocycles. The Kier molecular flexibility index (Phi) is 5.11. The molecule has 0 saturated carbocycles. The molecule has 0 unspecified atom stereocenters. The van der Waals surface area contributed by atoms with Gasteiger partial charge < -0.3 is 9.47 Å². The summed E-state index contributed by atoms with van der Waals surface area (Å²) in [5.41, 5.74) is 2.89. The van der Waals surface area contributed by atoms with E-state index in [0.29, 0.717) is 0 Å². The van der Waals surface area contributed by atoms with Gasteiger partial charge in [0.25, 0.3) is 0 Å². The fraction of sp³-hybridized carbons (Fsp3) is 1.00. The first-order valence-corrected chi connectivity index (χ1v) is 7.16. The Balaban J connectivity index is 2.84. The van der Waals surface area contributed by atoms with Gasteiger partial charge in [0.1, 0.15) is 0 Å². The van der Waals surface area contributed by atoms with Crippen LogP contribution in [0.5, 0.6) is 0 Å². The van der Waals surface area contributed by atoms with Crippen LogP contribution in [0.3, 0.4) is 0 Å². The van der Waals surface area contributed by atoms with Crippen LogP contribution in [0.1, 0.15) is 20.8 Å². The second-order valence-corrected chi connectivity index (χ2v) is 6.37. The summed E-state index contributed by atoms with van der Waals surface area (Å²) in [6.07, 6.45) is -1.55. The van der Waals surface area contributed by atoms with Crippen LogP contribution in [0.2, 0.25) is 0 Å². The van der Waals surface area contributed by atoms with Gasteiger partial charge in [0.05, 0.1) is 24.9 Å². The minimum Gasteiger partial charge on any atom is -0.345 e. The predicted octanol–water partition coefficient (Wildman–Crippen LogP) is 2.07. The molecular weight excluding hydrogens is 319 g/mol. The summed E-state index contributed by atoms with van der Waals surface area (Å²) < 4.78 is 72.8. The van der Waals surface area contributed by atoms with E-state index in [-0.39, 0.29) is 0 Å². The fourth-order valence-corrected chi connectivity index (χ4v) is 2.30. The molecule has 122 valence electrons. The smallest absolute Gasteiger partial charge is 0.345 e. The Morgan fingerprint density at radius 2 is 2.00 bits per heavy atom. The van der Waals surface area contributed by atoms with E-state index in [0.717, 1.165) is 0 Å². The van der Waals surface area contributed by atoms with Gasteiger partial charge in [0.2, 0.25) is 0 Å². The minimum atomic E-state index is -5.77. The molecule has 1 aliphatic heterocycles. The Hall–Kier alpha value is -1.07. The largest absolute Gasteiger partial charge is 0.523 e. The topological polar surface area (TPSA) is 111 Å². The number of ether oxygens (including phenoxy) is 2. The predicted molar refractivity (Wildman–Crippen MR) is 63.4 cm³/mol. The molecule has 12 heteroatoms. The zero-order chi connectivity index (χ0) is 16.5. The molecule has 0 aromatic rings. The number of halogens is 3. The van der Waals surface area contributed by atoms with Crippen LogP contribution in [0.15, 0.2) is 5.11 Å². The zero-order valence-electron chi connectivity index (χ0n) is 11.4. The number of azide groups is 1. The van der Waals surface area contributed by atoms with Crippen molar-refractivity contribution in [1.82, 2.24) is 0 Å². The van der Waals surface area contributed by atoms with Gasteiger partial charge in [0.15, 0.2) is 5.79 Å². The van der Waals surface area contributed by atoms with Crippen molar-refractivity contribution in [2.24, 2.45) is 5.11 Å². The number of hydrogen-bond donors (Lipinski definition) is 0. The van der Waals surface area contributed by atoms with Gasteiger partial charge in [-0.15, -0.1) is 0 Å². The molecule has 8 nitrogen and oxygen atoms in total. The van der Waals surface area contributed by atoms with E-state index in [4.69, 9.17) is 15.0 Å². The normalized spacial score (nSPS) is 27.1. The van der Waals surface area contributed by atoms with Crippen LogP contribution >= 0.6 is 0 Å². The molecule has 0 amide bonds. The Bertz CT molecular complexity index is 529. The number of hydrogen-bond acceptors (Lipinski definition) is 6. The third-order valence-corrected chi connectivity index (χ3v) is 3.62. The first kappa shape index (κ1) is 18.0. The lowest BCUT2D eigenvalue weighted by Crippen LogP contribution is -2.38. The van der Waals surface area contributed by atoms with Crippen molar-refractivity contribution in [2.45, 2.75) is 50.3 Å². The van der Waals surface area contributed by atoms with Gasteiger partial charge in [-0.25, -0.2) is 0 Å². The van der Waals surface area contributed by atoms with Crippen molar-refractivity contribution < 1.29 is 35.2 Å². The van der Waals surface area contributed by atoms with Gasteiger partial charge in [-0.1, -0.05) is 5.11 Å². The summed E-state index contributed by atoms with van der Waals surface area (Å²) in [5, 5.41) is 3.23. The maximum Gasteiger partial charge on any atom is 0.523 e. The van der Waals surface area contributed by atoms with Crippen molar-refractivity contribution in [3.8, 4) is 0 Å². The third-order valence-electron chi connectivity index (χ3n) is 2.61. The van der Waals surface area contributed by atoms with Crippen molar-refractivity contribution in [3.63, 3.8) is 0 Å². The van der Waals surface area contributed by atoms with Crippen LogP contribution in [0.4, 0.5) is 13.2 Å². The van der Waals surface area contributed by atoms with Crippen molar-refractivity contribution in [3.05, 3.63) is 10.4 Å². The maximum atomic E-state index is 12.2. The van der Waals surface area contributed by atoms with E-state index in [1.165, 1.54) is 0 Å². The molecule has 1 rings (SSSR count). The lowest BCUT2D eigenvalue weighted by molar-refractivity contribution is -0.147. The highest BCUT2D eigenvalue weighted by Gasteiger charge is 2.49. The highest BCUT2D eigenvalue weighted by molar-refractivity contribution is 7.87. The Morgan fingerprint density at radius 1 is 1.43 bits per heavy atom. The van der Waals surface area contributed by atoms with Crippen LogP contribution in [0.25, 0.3) is 10.4 Å². The van der Waals surface area contributed by atoms with Crippen LogP contribution < -0.4 is 0 Å². The Morgan fingerprint density at radius 3 is 2.38 bits per heavy atom. The third kappa shape index (κ3) is 4.45. The van der Waals surface area contributed by atoms with E-state index >= 15 is 0 Å². The summed E-state index contributed by atoms with van der Waals surface area (Å²) in [7, 11) is -5.77. The van der Waals surface area contributed by atoms with Gasteiger partial charge in [-0.05, 0) is 26.3 Å². The highest BCUT2D eigenvalue weighted by Crippen LogP contribution is 2.32. The second kappa shape index (κ2) is 5.97. The number of alkyl halides is 3. The fourth-order valence-electron chi connectivity index (χ4n) is 1.84. The molecule has 0 spiro atoms. The van der Waals surface area contributed by atoms with E-state index < -0.39 is 46.3 Å². The van der Waals surface area contributed by atoms with Gasteiger partial charge >= 0.3 is 15.6 Å². The molecule has 1 fully saturated rings. The van der Waals surface area contributed by atoms with E-state index in [1.54, 1.807) is 20.8 Å². The molecule has 0 aliphatic carbocycles. The number of rotatable bonds is 5. The average Bonchev–Trinajstić information content (AvgIpc) is 2.56. The summed E-state index contributed by atoms with van der Waals surface area (Å²) in [4.78, 5) is 2.46. The van der Waals surface area contributed by atoms with Gasteiger partial charge in [-0.2, -0.15) is 21.6 Å². The highest BCUT2D eigenvalue weighted by atomic mass is 32.2. The van der Waals surface area contributed by atoms with E-state index in [2.05, 4.69) is 14.2 Å². The first-order valence-electron chi connectivity index (χ1n) is 5.75. The molecule has 0 radical (unpaired) electrons. The van der Waals surface area contributed by atoms with Crippen LogP contribution in [0, 0.1) is 0 Å². The number of nitrogens with zero attached hydrogens (tertiary/aromatic N) is 3. The quantitative estimate of drug-likeness (QED) is 0.251. The minimum absolute atomic E-state index is 0.618. The summed E-state index contributed by atoms with van der Waals surface area (Å²) in [6, 6.07) is -1.29. The second-order valence-electron chi connectivity index (χ2n) is 4.76. The summed E-state index contributed by atoms with van der Waals surface area (Å²) in [5.74, 6) is -1.03. The van der Waals surface area contributed by atoms with E-state index in [9.17, 15) is 21.6 Å². The molecule has 0 aromatic heterocycles. The standard InChI is InChI=1S/C9H14F3N3O5S/c1-5-7(20-8(2,3)19-5)6(14-15-13)4-18-21(16,17)9(10,11)12/h5-7H,4H2,1-3H3/t5-,6-,7+/m0/s1. The molecular formula is C9H14F3N3O5S. The molecule has 0 N–H and O–H groups in total. The molecule has 0 bridgehead atoms. The van der Waals surface area contributed by atoms with Crippen molar-refractivity contribution in [1.29, 1.82) is 0 Å². The average molecular weight is 333 g/mol. The molecule has 0 aromatic carbocycles. The monoisotopic (exact) mass is 333 g/mol. The molecule has 1 aliphatic rings.